The Bertz CT molecular complexity index is 1300. The van der Waals surface area contributed by atoms with E-state index in [1.165, 1.54) is 15.4 Å². The zero-order valence-corrected chi connectivity index (χ0v) is 22.3. The summed E-state index contributed by atoms with van der Waals surface area (Å²) >= 11 is 7.84. The second-order valence-electron chi connectivity index (χ2n) is 9.52. The molecule has 7 heteroatoms. The minimum Gasteiger partial charge on any atom is -0.362 e. The molecule has 0 atom stereocenters. The first-order valence-electron chi connectivity index (χ1n) is 12.5. The predicted octanol–water partition coefficient (Wildman–Crippen LogP) is 7.01. The van der Waals surface area contributed by atoms with E-state index in [2.05, 4.69) is 64.1 Å². The van der Waals surface area contributed by atoms with Gasteiger partial charge in [0, 0.05) is 52.9 Å². The Balaban J connectivity index is 1.16. The summed E-state index contributed by atoms with van der Waals surface area (Å²) in [6, 6.07) is 25.8. The molecule has 0 amide bonds. The van der Waals surface area contributed by atoms with E-state index in [4.69, 9.17) is 21.6 Å². The number of para-hydroxylation sites is 1. The number of anilines is 2. The second-order valence-corrected chi connectivity index (χ2v) is 11.1. The zero-order valence-electron chi connectivity index (χ0n) is 20.7. The molecule has 2 N–H and O–H groups in total. The molecule has 0 aliphatic heterocycles. The van der Waals surface area contributed by atoms with Gasteiger partial charge in [0.2, 0.25) is 5.95 Å². The number of aromatic nitrogens is 2. The summed E-state index contributed by atoms with van der Waals surface area (Å²) in [5, 5.41) is 9.27. The van der Waals surface area contributed by atoms with Crippen molar-refractivity contribution in [2.45, 2.75) is 54.1 Å². The van der Waals surface area contributed by atoms with E-state index in [9.17, 15) is 0 Å². The molecule has 5 nitrogen and oxygen atoms in total. The van der Waals surface area contributed by atoms with Crippen LogP contribution >= 0.6 is 23.4 Å². The fraction of sp³-hybridized carbons (Fsp3) is 0.310. The van der Waals surface area contributed by atoms with E-state index in [0.717, 1.165) is 59.9 Å². The first-order chi connectivity index (χ1) is 17.5. The maximum atomic E-state index is 6.05. The smallest absolute Gasteiger partial charge is 0.225 e. The fourth-order valence-corrected chi connectivity index (χ4v) is 5.79. The van der Waals surface area contributed by atoms with Crippen molar-refractivity contribution in [3.8, 4) is 0 Å². The van der Waals surface area contributed by atoms with E-state index in [1.54, 1.807) is 11.8 Å². The highest BCUT2D eigenvalue weighted by Gasteiger charge is 2.22. The number of halogens is 1. The first-order valence-corrected chi connectivity index (χ1v) is 13.7. The molecule has 36 heavy (non-hydrogen) atoms. The van der Waals surface area contributed by atoms with Crippen LogP contribution in [0.25, 0.3) is 10.9 Å². The van der Waals surface area contributed by atoms with Crippen LogP contribution < -0.4 is 15.5 Å². The monoisotopic (exact) mass is 517 g/mol. The average Bonchev–Trinajstić information content (AvgIpc) is 2.90. The molecule has 1 aliphatic carbocycles. The number of nitrogens with zero attached hydrogens (tertiary/aromatic N) is 3. The minimum atomic E-state index is 0.395. The van der Waals surface area contributed by atoms with Crippen molar-refractivity contribution >= 4 is 46.0 Å². The van der Waals surface area contributed by atoms with E-state index in [1.807, 2.05) is 38.4 Å². The topological polar surface area (TPSA) is 53.1 Å². The van der Waals surface area contributed by atoms with E-state index in [-0.39, 0.29) is 0 Å². The molecule has 0 saturated heterocycles. The van der Waals surface area contributed by atoms with Crippen molar-refractivity contribution in [1.82, 2.24) is 15.3 Å². The number of rotatable bonds is 8. The molecule has 1 aromatic heterocycles. The Kier molecular flexibility index (Phi) is 7.95. The Morgan fingerprint density at radius 2 is 1.56 bits per heavy atom. The van der Waals surface area contributed by atoms with Crippen molar-refractivity contribution in [2.75, 3.05) is 24.3 Å². The van der Waals surface area contributed by atoms with Crippen molar-refractivity contribution in [1.29, 1.82) is 0 Å². The largest absolute Gasteiger partial charge is 0.362 e. The van der Waals surface area contributed by atoms with Crippen LogP contribution in [-0.4, -0.2) is 36.1 Å². The van der Waals surface area contributed by atoms with Gasteiger partial charge in [-0.2, -0.15) is 4.98 Å². The zero-order chi connectivity index (χ0) is 24.9. The molecule has 0 spiro atoms. The van der Waals surface area contributed by atoms with Crippen LogP contribution in [0.5, 0.6) is 0 Å². The van der Waals surface area contributed by atoms with Gasteiger partial charge in [0.15, 0.2) is 0 Å². The van der Waals surface area contributed by atoms with Crippen LogP contribution in [0.4, 0.5) is 11.8 Å². The molecular weight excluding hydrogens is 486 g/mol. The molecule has 0 bridgehead atoms. The third-order valence-electron chi connectivity index (χ3n) is 6.66. The quantitative estimate of drug-likeness (QED) is 0.262. The van der Waals surface area contributed by atoms with Crippen molar-refractivity contribution in [3.63, 3.8) is 0 Å². The Morgan fingerprint density at radius 1 is 0.861 bits per heavy atom. The van der Waals surface area contributed by atoms with Crippen LogP contribution in [0.3, 0.4) is 0 Å². The molecule has 4 aromatic rings. The van der Waals surface area contributed by atoms with Crippen molar-refractivity contribution < 1.29 is 0 Å². The van der Waals surface area contributed by atoms with Crippen LogP contribution in [0, 0.1) is 0 Å². The van der Waals surface area contributed by atoms with Crippen LogP contribution in [0.15, 0.2) is 82.6 Å². The summed E-state index contributed by atoms with van der Waals surface area (Å²) in [6.45, 7) is 0.875. The molecule has 0 unspecified atom stereocenters. The Labute approximate surface area is 222 Å². The standard InChI is InChI=1S/C29H32ClN5S/c1-35(2)28-25-8-4-5-9-26(25)33-29(34-28)32-23-15-13-22(14-16-23)31-19-20-7-3-6-10-27(20)36-24-17-11-21(30)12-18-24/h3-12,17-18,22-23,31H,13-16,19H2,1-2H3,(H,32,33,34). The number of hydrogen-bond acceptors (Lipinski definition) is 6. The Morgan fingerprint density at radius 3 is 2.33 bits per heavy atom. The van der Waals surface area contributed by atoms with Crippen molar-refractivity contribution in [3.05, 3.63) is 83.4 Å². The van der Waals surface area contributed by atoms with Crippen LogP contribution in [0.2, 0.25) is 5.02 Å². The molecule has 1 aliphatic rings. The maximum Gasteiger partial charge on any atom is 0.225 e. The van der Waals surface area contributed by atoms with Gasteiger partial charge >= 0.3 is 0 Å². The molecule has 186 valence electrons. The predicted molar refractivity (Wildman–Crippen MR) is 152 cm³/mol. The molecule has 1 heterocycles. The van der Waals surface area contributed by atoms with Gasteiger partial charge in [-0.3, -0.25) is 0 Å². The van der Waals surface area contributed by atoms with Crippen molar-refractivity contribution in [2.24, 2.45) is 0 Å². The maximum absolute atomic E-state index is 6.05. The lowest BCUT2D eigenvalue weighted by atomic mass is 9.91. The third-order valence-corrected chi connectivity index (χ3v) is 8.04. The summed E-state index contributed by atoms with van der Waals surface area (Å²) in [5.74, 6) is 1.68. The fourth-order valence-electron chi connectivity index (χ4n) is 4.72. The van der Waals surface area contributed by atoms with E-state index < -0.39 is 0 Å². The number of nitrogens with one attached hydrogen (secondary N) is 2. The summed E-state index contributed by atoms with van der Waals surface area (Å²) in [4.78, 5) is 14.1. The lowest BCUT2D eigenvalue weighted by Gasteiger charge is -2.30. The Hall–Kier alpha value is -2.80. The molecule has 1 fully saturated rings. The molecule has 0 radical (unpaired) electrons. The lowest BCUT2D eigenvalue weighted by molar-refractivity contribution is 0.351. The number of benzene rings is 3. The van der Waals surface area contributed by atoms with Gasteiger partial charge in [-0.15, -0.1) is 0 Å². The highest BCUT2D eigenvalue weighted by atomic mass is 35.5. The van der Waals surface area contributed by atoms with Gasteiger partial charge in [0.1, 0.15) is 5.82 Å². The summed E-state index contributed by atoms with van der Waals surface area (Å²) in [7, 11) is 4.06. The van der Waals surface area contributed by atoms with Gasteiger partial charge in [0.05, 0.1) is 5.52 Å². The van der Waals surface area contributed by atoms with E-state index >= 15 is 0 Å². The normalized spacial score (nSPS) is 17.8. The summed E-state index contributed by atoms with van der Waals surface area (Å²) in [6.07, 6.45) is 4.48. The van der Waals surface area contributed by atoms with Crippen LogP contribution in [-0.2, 0) is 6.54 Å². The highest BCUT2D eigenvalue weighted by molar-refractivity contribution is 7.99. The van der Waals surface area contributed by atoms with Gasteiger partial charge in [0.25, 0.3) is 0 Å². The van der Waals surface area contributed by atoms with Crippen LogP contribution in [0.1, 0.15) is 31.2 Å². The van der Waals surface area contributed by atoms with Gasteiger partial charge in [-0.1, -0.05) is 53.7 Å². The number of hydrogen-bond donors (Lipinski definition) is 2. The minimum absolute atomic E-state index is 0.395. The summed E-state index contributed by atoms with van der Waals surface area (Å²) < 4.78 is 0. The SMILES string of the molecule is CN(C)c1nc(NC2CCC(NCc3ccccc3Sc3ccc(Cl)cc3)CC2)nc2ccccc12. The first kappa shape index (κ1) is 24.9. The second kappa shape index (κ2) is 11.5. The number of fused-ring (bicyclic) bond motifs is 1. The molecule has 1 saturated carbocycles. The van der Waals surface area contributed by atoms with Gasteiger partial charge in [-0.25, -0.2) is 4.98 Å². The lowest BCUT2D eigenvalue weighted by Crippen LogP contribution is -2.37. The third kappa shape index (κ3) is 6.12. The van der Waals surface area contributed by atoms with Gasteiger partial charge in [-0.05, 0) is 73.7 Å². The average molecular weight is 518 g/mol. The summed E-state index contributed by atoms with van der Waals surface area (Å²) in [5.41, 5.74) is 2.31. The molecular formula is C29H32ClN5S. The highest BCUT2D eigenvalue weighted by Crippen LogP contribution is 2.32. The van der Waals surface area contributed by atoms with Gasteiger partial charge < -0.3 is 15.5 Å². The molecule has 5 rings (SSSR count). The molecule has 3 aromatic carbocycles. The van der Waals surface area contributed by atoms with E-state index in [0.29, 0.717) is 12.1 Å².